The number of likely N-dealkylation sites (N-methyl/N-ethyl adjacent to an activating group) is 1. The van der Waals surface area contributed by atoms with Crippen LogP contribution >= 0.6 is 0 Å². The van der Waals surface area contributed by atoms with Gasteiger partial charge in [0.25, 0.3) is 0 Å². The van der Waals surface area contributed by atoms with Gasteiger partial charge in [-0.25, -0.2) is 0 Å². The van der Waals surface area contributed by atoms with E-state index >= 15 is 0 Å². The minimum Gasteiger partial charge on any atom is -0.314 e. The summed E-state index contributed by atoms with van der Waals surface area (Å²) in [4.78, 5) is 2.33. The van der Waals surface area contributed by atoms with Gasteiger partial charge in [0, 0.05) is 31.7 Å². The molecule has 0 amide bonds. The van der Waals surface area contributed by atoms with E-state index < -0.39 is 0 Å². The molecule has 0 radical (unpaired) electrons. The molecule has 1 atom stereocenters. The monoisotopic (exact) mass is 199 g/mol. The van der Waals surface area contributed by atoms with Gasteiger partial charge >= 0.3 is 0 Å². The van der Waals surface area contributed by atoms with Crippen LogP contribution in [0.3, 0.4) is 0 Å². The van der Waals surface area contributed by atoms with Crippen LogP contribution in [0.15, 0.2) is 0 Å². The Morgan fingerprint density at radius 2 is 2.00 bits per heavy atom. The van der Waals surface area contributed by atoms with Crippen molar-refractivity contribution in [2.45, 2.75) is 32.4 Å². The first-order valence-electron chi connectivity index (χ1n) is 5.70. The highest BCUT2D eigenvalue weighted by molar-refractivity contribution is 4.83. The van der Waals surface area contributed by atoms with Gasteiger partial charge in [-0.15, -0.1) is 0 Å². The fraction of sp³-hybridized carbons (Fsp3) is 1.00. The van der Waals surface area contributed by atoms with E-state index in [0.717, 1.165) is 25.6 Å². The highest BCUT2D eigenvalue weighted by Crippen LogP contribution is 2.08. The van der Waals surface area contributed by atoms with E-state index in [-0.39, 0.29) is 0 Å². The maximum absolute atomic E-state index is 3.60. The van der Waals surface area contributed by atoms with Gasteiger partial charge in [-0.2, -0.15) is 0 Å². The number of nitrogens with zero attached hydrogens (tertiary/aromatic N) is 1. The molecule has 0 aliphatic carbocycles. The molecule has 1 saturated heterocycles. The van der Waals surface area contributed by atoms with Crippen molar-refractivity contribution in [2.24, 2.45) is 5.92 Å². The third kappa shape index (κ3) is 3.95. The summed E-state index contributed by atoms with van der Waals surface area (Å²) in [6.45, 7) is 7.99. The molecule has 1 unspecified atom stereocenters. The van der Waals surface area contributed by atoms with Crippen molar-refractivity contribution in [1.82, 2.24) is 15.5 Å². The predicted octanol–water partition coefficient (Wildman–Crippen LogP) is 0.524. The van der Waals surface area contributed by atoms with E-state index in [0.29, 0.717) is 12.1 Å². The average Bonchev–Trinajstić information content (AvgIpc) is 1.98. The summed E-state index contributed by atoms with van der Waals surface area (Å²) >= 11 is 0. The molecule has 14 heavy (non-hydrogen) atoms. The molecule has 0 spiro atoms. The first-order valence-corrected chi connectivity index (χ1v) is 5.70. The summed E-state index contributed by atoms with van der Waals surface area (Å²) in [6, 6.07) is 1.39. The van der Waals surface area contributed by atoms with Crippen molar-refractivity contribution in [3.8, 4) is 0 Å². The Morgan fingerprint density at radius 3 is 2.36 bits per heavy atom. The van der Waals surface area contributed by atoms with Gasteiger partial charge in [-0.1, -0.05) is 13.8 Å². The molecular weight excluding hydrogens is 174 g/mol. The highest BCUT2D eigenvalue weighted by Gasteiger charge is 2.19. The minimum atomic E-state index is 0.676. The maximum Gasteiger partial charge on any atom is 0.0318 e. The van der Waals surface area contributed by atoms with Crippen LogP contribution in [0.2, 0.25) is 0 Å². The third-order valence-corrected chi connectivity index (χ3v) is 2.90. The third-order valence-electron chi connectivity index (χ3n) is 2.90. The van der Waals surface area contributed by atoms with Gasteiger partial charge in [-0.05, 0) is 26.4 Å². The molecule has 0 aromatic carbocycles. The Kier molecular flexibility index (Phi) is 4.85. The normalized spacial score (nSPS) is 20.1. The lowest BCUT2D eigenvalue weighted by atomic mass is 10.0. The van der Waals surface area contributed by atoms with Gasteiger partial charge in [0.15, 0.2) is 0 Å². The quantitative estimate of drug-likeness (QED) is 0.653. The van der Waals surface area contributed by atoms with Gasteiger partial charge in [-0.3, -0.25) is 0 Å². The zero-order chi connectivity index (χ0) is 10.6. The summed E-state index contributed by atoms with van der Waals surface area (Å²) in [6.07, 6.45) is 1.28. The first-order chi connectivity index (χ1) is 6.59. The number of nitrogens with one attached hydrogen (secondary N) is 2. The van der Waals surface area contributed by atoms with E-state index in [1.807, 2.05) is 0 Å². The zero-order valence-electron chi connectivity index (χ0n) is 10.0. The van der Waals surface area contributed by atoms with E-state index in [1.54, 1.807) is 0 Å². The smallest absolute Gasteiger partial charge is 0.0318 e. The molecule has 3 heteroatoms. The van der Waals surface area contributed by atoms with Crippen LogP contribution in [0.4, 0.5) is 0 Å². The number of hydrogen-bond donors (Lipinski definition) is 2. The number of rotatable bonds is 6. The summed E-state index contributed by atoms with van der Waals surface area (Å²) in [7, 11) is 4.35. The van der Waals surface area contributed by atoms with Crippen molar-refractivity contribution in [2.75, 3.05) is 33.7 Å². The summed E-state index contributed by atoms with van der Waals surface area (Å²) in [5.41, 5.74) is 0. The molecule has 3 nitrogen and oxygen atoms in total. The fourth-order valence-electron chi connectivity index (χ4n) is 1.76. The largest absolute Gasteiger partial charge is 0.314 e. The standard InChI is InChI=1S/C11H25N3/c1-9(2)5-11(14(3)4)8-13-10-6-12-7-10/h9-13H,5-8H2,1-4H3. The van der Waals surface area contributed by atoms with Crippen LogP contribution in [0, 0.1) is 5.92 Å². The van der Waals surface area contributed by atoms with Crippen molar-refractivity contribution in [3.05, 3.63) is 0 Å². The van der Waals surface area contributed by atoms with Crippen LogP contribution in [0.1, 0.15) is 20.3 Å². The molecule has 1 heterocycles. The molecule has 0 aromatic heterocycles. The Morgan fingerprint density at radius 1 is 1.36 bits per heavy atom. The second-order valence-electron chi connectivity index (χ2n) is 5.01. The Bertz CT molecular complexity index is 153. The van der Waals surface area contributed by atoms with Crippen molar-refractivity contribution >= 4 is 0 Å². The molecule has 1 aliphatic rings. The molecule has 0 aromatic rings. The lowest BCUT2D eigenvalue weighted by Gasteiger charge is -2.32. The molecule has 1 fully saturated rings. The summed E-state index contributed by atoms with van der Waals surface area (Å²) in [5.74, 6) is 0.781. The van der Waals surface area contributed by atoms with E-state index in [1.165, 1.54) is 6.42 Å². The second kappa shape index (κ2) is 5.69. The van der Waals surface area contributed by atoms with Gasteiger partial charge in [0.1, 0.15) is 0 Å². The van der Waals surface area contributed by atoms with Crippen LogP contribution < -0.4 is 10.6 Å². The Balaban J connectivity index is 2.19. The van der Waals surface area contributed by atoms with E-state index in [4.69, 9.17) is 0 Å². The average molecular weight is 199 g/mol. The van der Waals surface area contributed by atoms with Gasteiger partial charge in [0.05, 0.1) is 0 Å². The van der Waals surface area contributed by atoms with Crippen molar-refractivity contribution in [1.29, 1.82) is 0 Å². The maximum atomic E-state index is 3.60. The molecule has 1 rings (SSSR count). The first kappa shape index (κ1) is 12.0. The molecule has 84 valence electrons. The lowest BCUT2D eigenvalue weighted by molar-refractivity contribution is 0.229. The topological polar surface area (TPSA) is 27.3 Å². The number of hydrogen-bond acceptors (Lipinski definition) is 3. The Labute approximate surface area is 88.2 Å². The molecule has 1 aliphatic heterocycles. The zero-order valence-corrected chi connectivity index (χ0v) is 10.0. The van der Waals surface area contributed by atoms with Crippen LogP contribution in [0.25, 0.3) is 0 Å². The molecular formula is C11H25N3. The Hall–Kier alpha value is -0.120. The lowest BCUT2D eigenvalue weighted by Crippen LogP contribution is -2.57. The molecule has 0 saturated carbocycles. The SMILES string of the molecule is CC(C)CC(CNC1CNC1)N(C)C. The van der Waals surface area contributed by atoms with Crippen molar-refractivity contribution < 1.29 is 0 Å². The summed E-state index contributed by atoms with van der Waals surface area (Å²) in [5, 5.41) is 6.88. The van der Waals surface area contributed by atoms with Crippen LogP contribution in [-0.4, -0.2) is 50.7 Å². The highest BCUT2D eigenvalue weighted by atomic mass is 15.2. The van der Waals surface area contributed by atoms with E-state index in [9.17, 15) is 0 Å². The molecule has 0 bridgehead atoms. The summed E-state index contributed by atoms with van der Waals surface area (Å²) < 4.78 is 0. The molecule has 2 N–H and O–H groups in total. The fourth-order valence-corrected chi connectivity index (χ4v) is 1.76. The minimum absolute atomic E-state index is 0.676. The van der Waals surface area contributed by atoms with Crippen molar-refractivity contribution in [3.63, 3.8) is 0 Å². The van der Waals surface area contributed by atoms with Gasteiger partial charge < -0.3 is 15.5 Å². The van der Waals surface area contributed by atoms with E-state index in [2.05, 4.69) is 43.5 Å². The van der Waals surface area contributed by atoms with Crippen LogP contribution in [-0.2, 0) is 0 Å². The van der Waals surface area contributed by atoms with Gasteiger partial charge in [0.2, 0.25) is 0 Å². The second-order valence-corrected chi connectivity index (χ2v) is 5.01. The predicted molar refractivity (Wildman–Crippen MR) is 61.6 cm³/mol. The van der Waals surface area contributed by atoms with Crippen LogP contribution in [0.5, 0.6) is 0 Å².